The summed E-state index contributed by atoms with van der Waals surface area (Å²) in [6, 6.07) is 0. The molecule has 0 radical (unpaired) electrons. The van der Waals surface area contributed by atoms with E-state index in [-0.39, 0.29) is 12.2 Å². The minimum atomic E-state index is -0.944. The molecule has 0 atom stereocenters. The van der Waals surface area contributed by atoms with E-state index in [2.05, 4.69) is 15.3 Å². The molecule has 1 aromatic rings. The lowest BCUT2D eigenvalue weighted by Gasteiger charge is -2.07. The lowest BCUT2D eigenvalue weighted by atomic mass is 10.1. The van der Waals surface area contributed by atoms with E-state index in [0.29, 0.717) is 17.2 Å². The second kappa shape index (κ2) is 3.91. The van der Waals surface area contributed by atoms with Crippen LogP contribution in [-0.2, 0) is 11.2 Å². The van der Waals surface area contributed by atoms with Crippen LogP contribution in [-0.4, -0.2) is 28.1 Å². The third-order valence-corrected chi connectivity index (χ3v) is 1.80. The molecule has 0 aliphatic carbocycles. The van der Waals surface area contributed by atoms with Crippen molar-refractivity contribution in [2.75, 3.05) is 18.1 Å². The third-order valence-electron chi connectivity index (χ3n) is 1.80. The molecule has 0 bridgehead atoms. The molecule has 0 aliphatic rings. The lowest BCUT2D eigenvalue weighted by Crippen LogP contribution is -2.10. The van der Waals surface area contributed by atoms with Gasteiger partial charge in [-0.15, -0.1) is 0 Å². The highest BCUT2D eigenvalue weighted by molar-refractivity contribution is 5.72. The predicted molar refractivity (Wildman–Crippen MR) is 52.1 cm³/mol. The van der Waals surface area contributed by atoms with E-state index < -0.39 is 5.97 Å². The highest BCUT2D eigenvalue weighted by Gasteiger charge is 2.11. The van der Waals surface area contributed by atoms with Crippen molar-refractivity contribution in [1.29, 1.82) is 0 Å². The molecule has 1 rings (SSSR count). The van der Waals surface area contributed by atoms with Crippen molar-refractivity contribution >= 4 is 17.7 Å². The van der Waals surface area contributed by atoms with Crippen LogP contribution in [0, 0.1) is 6.92 Å². The lowest BCUT2D eigenvalue weighted by molar-refractivity contribution is -0.136. The zero-order valence-electron chi connectivity index (χ0n) is 8.03. The van der Waals surface area contributed by atoms with Crippen LogP contribution in [0.2, 0.25) is 0 Å². The van der Waals surface area contributed by atoms with Crippen LogP contribution in [0.25, 0.3) is 0 Å². The SMILES string of the molecule is CNc1nc(C)c(CC(=O)O)c(N)n1. The Morgan fingerprint density at radius 3 is 2.64 bits per heavy atom. The predicted octanol–water partition coefficient (Wildman–Crippen LogP) is 0.0360. The Morgan fingerprint density at radius 2 is 2.21 bits per heavy atom. The maximum atomic E-state index is 10.5. The molecule has 1 aromatic heterocycles. The van der Waals surface area contributed by atoms with Crippen LogP contribution >= 0.6 is 0 Å². The third kappa shape index (κ3) is 2.09. The van der Waals surface area contributed by atoms with Crippen molar-refractivity contribution in [1.82, 2.24) is 9.97 Å². The Balaban J connectivity index is 3.11. The normalized spacial score (nSPS) is 9.86. The van der Waals surface area contributed by atoms with E-state index in [9.17, 15) is 4.79 Å². The molecular formula is C8H12N4O2. The maximum absolute atomic E-state index is 10.5. The molecule has 0 unspecified atom stereocenters. The zero-order valence-corrected chi connectivity index (χ0v) is 8.03. The minimum absolute atomic E-state index is 0.151. The number of carboxylic acids is 1. The van der Waals surface area contributed by atoms with Crippen molar-refractivity contribution in [3.8, 4) is 0 Å². The van der Waals surface area contributed by atoms with Crippen molar-refractivity contribution in [2.24, 2.45) is 0 Å². The molecule has 0 fully saturated rings. The summed E-state index contributed by atoms with van der Waals surface area (Å²) >= 11 is 0. The molecule has 0 aliphatic heterocycles. The van der Waals surface area contributed by atoms with E-state index in [4.69, 9.17) is 10.8 Å². The number of nitrogens with two attached hydrogens (primary N) is 1. The zero-order chi connectivity index (χ0) is 10.7. The number of carbonyl (C=O) groups is 1. The Bertz CT molecular complexity index is 341. The summed E-state index contributed by atoms with van der Waals surface area (Å²) in [5, 5.41) is 11.4. The van der Waals surface area contributed by atoms with Gasteiger partial charge < -0.3 is 16.2 Å². The molecule has 0 spiro atoms. The van der Waals surface area contributed by atoms with Crippen LogP contribution in [0.1, 0.15) is 11.3 Å². The highest BCUT2D eigenvalue weighted by Crippen LogP contribution is 2.15. The van der Waals surface area contributed by atoms with Crippen molar-refractivity contribution in [3.05, 3.63) is 11.3 Å². The molecule has 0 saturated carbocycles. The van der Waals surface area contributed by atoms with E-state index >= 15 is 0 Å². The second-order valence-corrected chi connectivity index (χ2v) is 2.82. The van der Waals surface area contributed by atoms with Gasteiger partial charge in [0.25, 0.3) is 0 Å². The Labute approximate surface area is 81.2 Å². The minimum Gasteiger partial charge on any atom is -0.481 e. The summed E-state index contributed by atoms with van der Waals surface area (Å²) in [6.07, 6.45) is -0.151. The van der Waals surface area contributed by atoms with E-state index in [0.717, 1.165) is 0 Å². The van der Waals surface area contributed by atoms with Gasteiger partial charge in [-0.3, -0.25) is 4.79 Å². The largest absolute Gasteiger partial charge is 0.481 e. The van der Waals surface area contributed by atoms with Gasteiger partial charge in [-0.05, 0) is 6.92 Å². The molecule has 1 heterocycles. The van der Waals surface area contributed by atoms with Gasteiger partial charge in [0.15, 0.2) is 0 Å². The van der Waals surface area contributed by atoms with Gasteiger partial charge in [0.05, 0.1) is 6.42 Å². The van der Waals surface area contributed by atoms with E-state index in [1.54, 1.807) is 14.0 Å². The molecule has 76 valence electrons. The fraction of sp³-hybridized carbons (Fsp3) is 0.375. The Hall–Kier alpha value is -1.85. The summed E-state index contributed by atoms with van der Waals surface area (Å²) in [5.74, 6) is -0.334. The summed E-state index contributed by atoms with van der Waals surface area (Å²) in [5.41, 5.74) is 6.65. The first kappa shape index (κ1) is 10.2. The summed E-state index contributed by atoms with van der Waals surface area (Å²) in [4.78, 5) is 18.4. The van der Waals surface area contributed by atoms with Crippen LogP contribution in [0.3, 0.4) is 0 Å². The molecule has 6 nitrogen and oxygen atoms in total. The molecular weight excluding hydrogens is 184 g/mol. The van der Waals surface area contributed by atoms with Gasteiger partial charge in [-0.25, -0.2) is 4.98 Å². The number of nitrogens with zero attached hydrogens (tertiary/aromatic N) is 2. The first-order valence-corrected chi connectivity index (χ1v) is 4.07. The molecule has 0 aromatic carbocycles. The number of hydrogen-bond acceptors (Lipinski definition) is 5. The number of nitrogens with one attached hydrogen (secondary N) is 1. The summed E-state index contributed by atoms with van der Waals surface area (Å²) < 4.78 is 0. The van der Waals surface area contributed by atoms with Gasteiger partial charge in [0.2, 0.25) is 5.95 Å². The average molecular weight is 196 g/mol. The van der Waals surface area contributed by atoms with Crippen molar-refractivity contribution in [2.45, 2.75) is 13.3 Å². The van der Waals surface area contributed by atoms with Crippen LogP contribution < -0.4 is 11.1 Å². The van der Waals surface area contributed by atoms with Gasteiger partial charge >= 0.3 is 5.97 Å². The molecule has 4 N–H and O–H groups in total. The number of aromatic nitrogens is 2. The van der Waals surface area contributed by atoms with Crippen LogP contribution in [0.15, 0.2) is 0 Å². The Kier molecular flexibility index (Phi) is 2.85. The first-order chi connectivity index (χ1) is 6.54. The number of carboxylic acid groups (broad SMARTS) is 1. The number of rotatable bonds is 3. The molecule has 14 heavy (non-hydrogen) atoms. The fourth-order valence-corrected chi connectivity index (χ4v) is 1.10. The number of anilines is 2. The molecule has 6 heteroatoms. The highest BCUT2D eigenvalue weighted by atomic mass is 16.4. The number of hydrogen-bond donors (Lipinski definition) is 3. The standard InChI is InChI=1S/C8H12N4O2/c1-4-5(3-6(13)14)7(9)12-8(10-2)11-4/h3H2,1-2H3,(H,13,14)(H3,9,10,11,12). The summed E-state index contributed by atoms with van der Waals surface area (Å²) in [7, 11) is 1.67. The van der Waals surface area contributed by atoms with E-state index in [1.165, 1.54) is 0 Å². The molecule has 0 amide bonds. The van der Waals surface area contributed by atoms with Gasteiger partial charge in [-0.1, -0.05) is 0 Å². The monoisotopic (exact) mass is 196 g/mol. The molecule has 0 saturated heterocycles. The smallest absolute Gasteiger partial charge is 0.308 e. The van der Waals surface area contributed by atoms with Crippen LogP contribution in [0.5, 0.6) is 0 Å². The van der Waals surface area contributed by atoms with Gasteiger partial charge in [0, 0.05) is 18.3 Å². The number of aryl methyl sites for hydroxylation is 1. The van der Waals surface area contributed by atoms with E-state index in [1.807, 2.05) is 0 Å². The van der Waals surface area contributed by atoms with Crippen molar-refractivity contribution in [3.63, 3.8) is 0 Å². The average Bonchev–Trinajstić information content (AvgIpc) is 2.10. The first-order valence-electron chi connectivity index (χ1n) is 4.07. The topological polar surface area (TPSA) is 101 Å². The number of aliphatic carboxylic acids is 1. The number of nitrogen functional groups attached to an aromatic ring is 1. The second-order valence-electron chi connectivity index (χ2n) is 2.82. The van der Waals surface area contributed by atoms with Crippen molar-refractivity contribution < 1.29 is 9.90 Å². The quantitative estimate of drug-likeness (QED) is 0.630. The Morgan fingerprint density at radius 1 is 1.57 bits per heavy atom. The maximum Gasteiger partial charge on any atom is 0.308 e. The fourth-order valence-electron chi connectivity index (χ4n) is 1.10. The summed E-state index contributed by atoms with van der Waals surface area (Å²) in [6.45, 7) is 1.71. The van der Waals surface area contributed by atoms with Crippen LogP contribution in [0.4, 0.5) is 11.8 Å². The van der Waals surface area contributed by atoms with Gasteiger partial charge in [-0.2, -0.15) is 4.98 Å². The van der Waals surface area contributed by atoms with Gasteiger partial charge in [0.1, 0.15) is 5.82 Å².